The molecular weight excluding hydrogens is 168 g/mol. The molecule has 0 aliphatic heterocycles. The van der Waals surface area contributed by atoms with E-state index in [1.165, 1.54) is 7.11 Å². The van der Waals surface area contributed by atoms with E-state index < -0.39 is 0 Å². The summed E-state index contributed by atoms with van der Waals surface area (Å²) in [6.07, 6.45) is 2.24. The third-order valence-electron chi connectivity index (χ3n) is 2.28. The van der Waals surface area contributed by atoms with E-state index in [9.17, 15) is 4.79 Å². The summed E-state index contributed by atoms with van der Waals surface area (Å²) in [5.74, 6) is 1.67. The van der Waals surface area contributed by atoms with Gasteiger partial charge >= 0.3 is 0 Å². The van der Waals surface area contributed by atoms with E-state index in [4.69, 9.17) is 4.74 Å². The Morgan fingerprint density at radius 2 is 2.23 bits per heavy atom. The summed E-state index contributed by atoms with van der Waals surface area (Å²) in [5.41, 5.74) is 0.459. The van der Waals surface area contributed by atoms with E-state index in [1.807, 2.05) is 0 Å². The quantitative estimate of drug-likeness (QED) is 0.737. The maximum atomic E-state index is 11.4. The van der Waals surface area contributed by atoms with Crippen LogP contribution in [0.1, 0.15) is 30.1 Å². The summed E-state index contributed by atoms with van der Waals surface area (Å²) in [6, 6.07) is 0. The van der Waals surface area contributed by atoms with E-state index in [0.29, 0.717) is 17.4 Å². The lowest BCUT2D eigenvalue weighted by Gasteiger charge is -2.04. The zero-order valence-electron chi connectivity index (χ0n) is 7.76. The van der Waals surface area contributed by atoms with Crippen molar-refractivity contribution in [2.24, 2.45) is 0 Å². The van der Waals surface area contributed by atoms with Crippen LogP contribution in [0.4, 0.5) is 0 Å². The molecule has 1 saturated carbocycles. The van der Waals surface area contributed by atoms with Crippen molar-refractivity contribution in [3.8, 4) is 5.88 Å². The van der Waals surface area contributed by atoms with Gasteiger partial charge in [0.15, 0.2) is 0 Å². The number of aromatic amines is 1. The third kappa shape index (κ3) is 1.43. The van der Waals surface area contributed by atoms with Crippen molar-refractivity contribution in [3.63, 3.8) is 0 Å². The second kappa shape index (κ2) is 2.87. The normalized spacial score (nSPS) is 15.8. The van der Waals surface area contributed by atoms with Crippen molar-refractivity contribution in [2.45, 2.75) is 25.7 Å². The maximum Gasteiger partial charge on any atom is 0.257 e. The minimum Gasteiger partial charge on any atom is -0.481 e. The van der Waals surface area contributed by atoms with Crippen LogP contribution in [0.3, 0.4) is 0 Å². The molecule has 0 radical (unpaired) electrons. The van der Waals surface area contributed by atoms with Gasteiger partial charge in [0.25, 0.3) is 5.56 Å². The SMILES string of the molecule is COc1nc(C2CC2)[nH]c(=O)c1C. The lowest BCUT2D eigenvalue weighted by atomic mass is 10.3. The van der Waals surface area contributed by atoms with E-state index in [1.54, 1.807) is 6.92 Å². The summed E-state index contributed by atoms with van der Waals surface area (Å²) in [6.45, 7) is 1.71. The fraction of sp³-hybridized carbons (Fsp3) is 0.556. The van der Waals surface area contributed by atoms with Gasteiger partial charge in [0.2, 0.25) is 5.88 Å². The second-order valence-electron chi connectivity index (χ2n) is 3.36. The maximum absolute atomic E-state index is 11.4. The molecule has 1 aliphatic rings. The Hall–Kier alpha value is -1.32. The molecule has 0 unspecified atom stereocenters. The van der Waals surface area contributed by atoms with Gasteiger partial charge in [-0.15, -0.1) is 0 Å². The highest BCUT2D eigenvalue weighted by Crippen LogP contribution is 2.38. The molecule has 0 amide bonds. The highest BCUT2D eigenvalue weighted by molar-refractivity contribution is 5.23. The summed E-state index contributed by atoms with van der Waals surface area (Å²) < 4.78 is 5.01. The van der Waals surface area contributed by atoms with Gasteiger partial charge in [0.1, 0.15) is 5.82 Å². The predicted octanol–water partition coefficient (Wildman–Crippen LogP) is 0.964. The monoisotopic (exact) mass is 180 g/mol. The molecule has 70 valence electrons. The van der Waals surface area contributed by atoms with Crippen LogP contribution in [0.15, 0.2) is 4.79 Å². The molecule has 1 aromatic heterocycles. The number of nitrogens with one attached hydrogen (secondary N) is 1. The average molecular weight is 180 g/mol. The molecule has 1 fully saturated rings. The van der Waals surface area contributed by atoms with Gasteiger partial charge < -0.3 is 9.72 Å². The highest BCUT2D eigenvalue weighted by Gasteiger charge is 2.27. The molecule has 0 aromatic carbocycles. The smallest absolute Gasteiger partial charge is 0.257 e. The number of H-pyrrole nitrogens is 1. The van der Waals surface area contributed by atoms with Gasteiger partial charge in [0.05, 0.1) is 12.7 Å². The van der Waals surface area contributed by atoms with Crippen LogP contribution in [-0.4, -0.2) is 17.1 Å². The van der Waals surface area contributed by atoms with Crippen molar-refractivity contribution >= 4 is 0 Å². The number of methoxy groups -OCH3 is 1. The zero-order valence-corrected chi connectivity index (χ0v) is 7.76. The Morgan fingerprint density at radius 1 is 1.54 bits per heavy atom. The zero-order chi connectivity index (χ0) is 9.42. The molecule has 1 N–H and O–H groups in total. The predicted molar refractivity (Wildman–Crippen MR) is 48.1 cm³/mol. The molecule has 2 rings (SSSR count). The molecule has 4 nitrogen and oxygen atoms in total. The Bertz CT molecular complexity index is 380. The van der Waals surface area contributed by atoms with Gasteiger partial charge in [-0.25, -0.2) is 0 Å². The molecule has 0 spiro atoms. The van der Waals surface area contributed by atoms with Crippen molar-refractivity contribution in [2.75, 3.05) is 7.11 Å². The number of ether oxygens (including phenoxy) is 1. The Balaban J connectivity index is 2.50. The van der Waals surface area contributed by atoms with Crippen LogP contribution in [-0.2, 0) is 0 Å². The summed E-state index contributed by atoms with van der Waals surface area (Å²) in [5, 5.41) is 0. The number of hydrogen-bond donors (Lipinski definition) is 1. The number of rotatable bonds is 2. The molecule has 4 heteroatoms. The molecule has 0 bridgehead atoms. The van der Waals surface area contributed by atoms with Crippen LogP contribution in [0.2, 0.25) is 0 Å². The van der Waals surface area contributed by atoms with Gasteiger partial charge in [-0.2, -0.15) is 4.98 Å². The van der Waals surface area contributed by atoms with Crippen LogP contribution >= 0.6 is 0 Å². The van der Waals surface area contributed by atoms with E-state index in [-0.39, 0.29) is 5.56 Å². The summed E-state index contributed by atoms with van der Waals surface area (Å²) >= 11 is 0. The molecular formula is C9H12N2O2. The fourth-order valence-electron chi connectivity index (χ4n) is 1.28. The molecule has 0 saturated heterocycles. The Morgan fingerprint density at radius 3 is 2.77 bits per heavy atom. The number of nitrogens with zero attached hydrogens (tertiary/aromatic N) is 1. The summed E-state index contributed by atoms with van der Waals surface area (Å²) in [4.78, 5) is 18.4. The Labute approximate surface area is 76.0 Å². The van der Waals surface area contributed by atoms with Crippen molar-refractivity contribution < 1.29 is 4.74 Å². The van der Waals surface area contributed by atoms with Crippen LogP contribution in [0.5, 0.6) is 5.88 Å². The molecule has 1 aliphatic carbocycles. The van der Waals surface area contributed by atoms with E-state index >= 15 is 0 Å². The first-order valence-corrected chi connectivity index (χ1v) is 4.37. The van der Waals surface area contributed by atoms with Crippen LogP contribution in [0.25, 0.3) is 0 Å². The lowest BCUT2D eigenvalue weighted by Crippen LogP contribution is -2.15. The fourth-order valence-corrected chi connectivity index (χ4v) is 1.28. The van der Waals surface area contributed by atoms with Crippen LogP contribution < -0.4 is 10.3 Å². The first-order valence-electron chi connectivity index (χ1n) is 4.37. The van der Waals surface area contributed by atoms with Crippen LogP contribution in [0, 0.1) is 6.92 Å². The largest absolute Gasteiger partial charge is 0.481 e. The molecule has 0 atom stereocenters. The standard InChI is InChI=1S/C9H12N2O2/c1-5-8(12)10-7(6-3-4-6)11-9(5)13-2/h6H,3-4H2,1-2H3,(H,10,11,12). The van der Waals surface area contributed by atoms with Crippen molar-refractivity contribution in [1.82, 2.24) is 9.97 Å². The average Bonchev–Trinajstić information content (AvgIpc) is 2.92. The van der Waals surface area contributed by atoms with Gasteiger partial charge in [-0.1, -0.05) is 0 Å². The number of hydrogen-bond acceptors (Lipinski definition) is 3. The first-order chi connectivity index (χ1) is 6.22. The topological polar surface area (TPSA) is 55.0 Å². The molecule has 1 aromatic rings. The van der Waals surface area contributed by atoms with Crippen molar-refractivity contribution in [1.29, 1.82) is 0 Å². The third-order valence-corrected chi connectivity index (χ3v) is 2.28. The van der Waals surface area contributed by atoms with E-state index in [0.717, 1.165) is 18.7 Å². The van der Waals surface area contributed by atoms with Gasteiger partial charge in [-0.3, -0.25) is 4.79 Å². The minimum atomic E-state index is -0.0891. The van der Waals surface area contributed by atoms with E-state index in [2.05, 4.69) is 9.97 Å². The van der Waals surface area contributed by atoms with Crippen molar-refractivity contribution in [3.05, 3.63) is 21.7 Å². The second-order valence-corrected chi connectivity index (χ2v) is 3.36. The first kappa shape index (κ1) is 8.29. The van der Waals surface area contributed by atoms with Gasteiger partial charge in [0, 0.05) is 5.92 Å². The minimum absolute atomic E-state index is 0.0891. The number of aromatic nitrogens is 2. The summed E-state index contributed by atoms with van der Waals surface area (Å²) in [7, 11) is 1.53. The molecule has 13 heavy (non-hydrogen) atoms. The molecule has 1 heterocycles. The van der Waals surface area contributed by atoms with Gasteiger partial charge in [-0.05, 0) is 19.8 Å². The Kier molecular flexibility index (Phi) is 1.83. The lowest BCUT2D eigenvalue weighted by molar-refractivity contribution is 0.390. The highest BCUT2D eigenvalue weighted by atomic mass is 16.5.